The predicted molar refractivity (Wildman–Crippen MR) is 63.5 cm³/mol. The van der Waals surface area contributed by atoms with E-state index in [-0.39, 0.29) is 11.4 Å². The van der Waals surface area contributed by atoms with Crippen LogP contribution >= 0.6 is 11.6 Å². The summed E-state index contributed by atoms with van der Waals surface area (Å²) in [5.74, 6) is -0.126. The third-order valence-corrected chi connectivity index (χ3v) is 3.44. The molecule has 1 amide bonds. The number of rotatable bonds is 3. The molecule has 88 valence electrons. The largest absolute Gasteiger partial charge is 0.356 e. The second kappa shape index (κ2) is 4.47. The Morgan fingerprint density at radius 1 is 1.56 bits per heavy atom. The van der Waals surface area contributed by atoms with Crippen LogP contribution in [-0.4, -0.2) is 23.0 Å². The Morgan fingerprint density at radius 3 is 2.75 bits per heavy atom. The zero-order chi connectivity index (χ0) is 11.6. The van der Waals surface area contributed by atoms with E-state index in [4.69, 9.17) is 17.3 Å². The van der Waals surface area contributed by atoms with Gasteiger partial charge in [0.2, 0.25) is 0 Å². The quantitative estimate of drug-likeness (QED) is 0.753. The van der Waals surface area contributed by atoms with E-state index < -0.39 is 0 Å². The molecule has 1 aliphatic rings. The standard InChI is InChI=1S/C11H16ClN3O/c12-8-5-9(14-6-8)10(16)15-11(7-13)3-1-2-4-11/h5-6,14H,1-4,7,13H2,(H,15,16). The summed E-state index contributed by atoms with van der Waals surface area (Å²) in [6.45, 7) is 0.493. The van der Waals surface area contributed by atoms with Crippen molar-refractivity contribution in [2.24, 2.45) is 5.73 Å². The number of aromatic amines is 1. The zero-order valence-electron chi connectivity index (χ0n) is 9.05. The number of halogens is 1. The molecule has 1 saturated carbocycles. The van der Waals surface area contributed by atoms with Gasteiger partial charge in [0, 0.05) is 12.7 Å². The first kappa shape index (κ1) is 11.5. The smallest absolute Gasteiger partial charge is 0.268 e. The van der Waals surface area contributed by atoms with E-state index in [1.165, 1.54) is 0 Å². The lowest BCUT2D eigenvalue weighted by molar-refractivity contribution is 0.0898. The minimum Gasteiger partial charge on any atom is -0.356 e. The van der Waals surface area contributed by atoms with Crippen molar-refractivity contribution in [1.29, 1.82) is 0 Å². The van der Waals surface area contributed by atoms with Crippen LogP contribution in [0.3, 0.4) is 0 Å². The Balaban J connectivity index is 2.06. The second-order valence-corrected chi connectivity index (χ2v) is 4.81. The van der Waals surface area contributed by atoms with Crippen molar-refractivity contribution in [3.8, 4) is 0 Å². The number of hydrogen-bond acceptors (Lipinski definition) is 2. The lowest BCUT2D eigenvalue weighted by Crippen LogP contribution is -2.51. The maximum atomic E-state index is 11.9. The molecule has 0 radical (unpaired) electrons. The van der Waals surface area contributed by atoms with E-state index in [1.807, 2.05) is 0 Å². The summed E-state index contributed by atoms with van der Waals surface area (Å²) in [7, 11) is 0. The molecule has 1 heterocycles. The lowest BCUT2D eigenvalue weighted by atomic mass is 9.97. The number of amides is 1. The summed E-state index contributed by atoms with van der Waals surface area (Å²) < 4.78 is 0. The molecular weight excluding hydrogens is 226 g/mol. The molecule has 0 spiro atoms. The Labute approximate surface area is 99.5 Å². The first-order valence-electron chi connectivity index (χ1n) is 5.52. The molecule has 2 rings (SSSR count). The molecule has 1 aliphatic carbocycles. The number of nitrogens with two attached hydrogens (primary N) is 1. The summed E-state index contributed by atoms with van der Waals surface area (Å²) in [6, 6.07) is 1.62. The lowest BCUT2D eigenvalue weighted by Gasteiger charge is -2.28. The molecule has 5 heteroatoms. The summed E-state index contributed by atoms with van der Waals surface area (Å²) in [5.41, 5.74) is 6.03. The van der Waals surface area contributed by atoms with Gasteiger partial charge in [-0.25, -0.2) is 0 Å². The Bertz CT molecular complexity index is 382. The van der Waals surface area contributed by atoms with Gasteiger partial charge in [0.05, 0.1) is 10.6 Å². The van der Waals surface area contributed by atoms with Crippen molar-refractivity contribution in [2.45, 2.75) is 31.2 Å². The van der Waals surface area contributed by atoms with E-state index in [0.29, 0.717) is 17.3 Å². The molecule has 4 nitrogen and oxygen atoms in total. The average Bonchev–Trinajstić information content (AvgIpc) is 2.88. The van der Waals surface area contributed by atoms with Gasteiger partial charge in [0.25, 0.3) is 5.91 Å². The van der Waals surface area contributed by atoms with E-state index in [9.17, 15) is 4.79 Å². The second-order valence-electron chi connectivity index (χ2n) is 4.38. The number of aromatic nitrogens is 1. The first-order chi connectivity index (χ1) is 7.65. The molecule has 0 atom stereocenters. The highest BCUT2D eigenvalue weighted by Crippen LogP contribution is 2.28. The van der Waals surface area contributed by atoms with Gasteiger partial charge in [-0.2, -0.15) is 0 Å². The van der Waals surface area contributed by atoms with Gasteiger partial charge >= 0.3 is 0 Å². The van der Waals surface area contributed by atoms with Crippen LogP contribution in [0.1, 0.15) is 36.2 Å². The summed E-state index contributed by atoms with van der Waals surface area (Å²) >= 11 is 5.75. The SMILES string of the molecule is NCC1(NC(=O)c2cc(Cl)c[nH]2)CCCC1. The van der Waals surface area contributed by atoms with Gasteiger partial charge in [0.1, 0.15) is 5.69 Å². The van der Waals surface area contributed by atoms with Crippen molar-refractivity contribution in [3.63, 3.8) is 0 Å². The number of hydrogen-bond donors (Lipinski definition) is 3. The molecular formula is C11H16ClN3O. The number of nitrogens with one attached hydrogen (secondary N) is 2. The highest BCUT2D eigenvalue weighted by atomic mass is 35.5. The molecule has 0 aromatic carbocycles. The zero-order valence-corrected chi connectivity index (χ0v) is 9.81. The van der Waals surface area contributed by atoms with Crippen molar-refractivity contribution in [1.82, 2.24) is 10.3 Å². The maximum Gasteiger partial charge on any atom is 0.268 e. The van der Waals surface area contributed by atoms with Crippen LogP contribution in [0.2, 0.25) is 5.02 Å². The maximum absolute atomic E-state index is 11.9. The molecule has 16 heavy (non-hydrogen) atoms. The Hall–Kier alpha value is -1.00. The van der Waals surface area contributed by atoms with Crippen LogP contribution in [0.4, 0.5) is 0 Å². The summed E-state index contributed by atoms with van der Waals surface area (Å²) in [5, 5.41) is 3.56. The fourth-order valence-corrected chi connectivity index (χ4v) is 2.40. The third-order valence-electron chi connectivity index (χ3n) is 3.22. The Morgan fingerprint density at radius 2 is 2.25 bits per heavy atom. The molecule has 1 fully saturated rings. The molecule has 1 aromatic heterocycles. The molecule has 0 unspecified atom stereocenters. The van der Waals surface area contributed by atoms with E-state index >= 15 is 0 Å². The first-order valence-corrected chi connectivity index (χ1v) is 5.89. The van der Waals surface area contributed by atoms with Gasteiger partial charge in [-0.3, -0.25) is 4.79 Å². The van der Waals surface area contributed by atoms with Crippen molar-refractivity contribution in [3.05, 3.63) is 23.0 Å². The predicted octanol–water partition coefficient (Wildman–Crippen LogP) is 1.67. The average molecular weight is 242 g/mol. The van der Waals surface area contributed by atoms with E-state index in [1.54, 1.807) is 12.3 Å². The third kappa shape index (κ3) is 2.23. The van der Waals surface area contributed by atoms with Gasteiger partial charge < -0.3 is 16.0 Å². The minimum atomic E-state index is -0.214. The minimum absolute atomic E-state index is 0.126. The van der Waals surface area contributed by atoms with Crippen LogP contribution in [0.25, 0.3) is 0 Å². The fraction of sp³-hybridized carbons (Fsp3) is 0.545. The molecule has 0 aliphatic heterocycles. The normalized spacial score (nSPS) is 18.6. The number of carbonyl (C=O) groups excluding carboxylic acids is 1. The number of carbonyl (C=O) groups is 1. The Kier molecular flexibility index (Phi) is 3.21. The molecule has 0 bridgehead atoms. The highest BCUT2D eigenvalue weighted by molar-refractivity contribution is 6.30. The highest BCUT2D eigenvalue weighted by Gasteiger charge is 2.34. The van der Waals surface area contributed by atoms with Crippen LogP contribution in [-0.2, 0) is 0 Å². The van der Waals surface area contributed by atoms with Gasteiger partial charge in [-0.05, 0) is 18.9 Å². The summed E-state index contributed by atoms with van der Waals surface area (Å²) in [4.78, 5) is 14.8. The van der Waals surface area contributed by atoms with E-state index in [2.05, 4.69) is 10.3 Å². The van der Waals surface area contributed by atoms with Crippen LogP contribution in [0.15, 0.2) is 12.3 Å². The van der Waals surface area contributed by atoms with Crippen molar-refractivity contribution >= 4 is 17.5 Å². The van der Waals surface area contributed by atoms with Crippen LogP contribution < -0.4 is 11.1 Å². The van der Waals surface area contributed by atoms with Crippen molar-refractivity contribution < 1.29 is 4.79 Å². The fourth-order valence-electron chi connectivity index (χ4n) is 2.24. The summed E-state index contributed by atoms with van der Waals surface area (Å²) in [6.07, 6.45) is 5.78. The molecule has 4 N–H and O–H groups in total. The van der Waals surface area contributed by atoms with Crippen LogP contribution in [0.5, 0.6) is 0 Å². The van der Waals surface area contributed by atoms with Crippen LogP contribution in [0, 0.1) is 0 Å². The van der Waals surface area contributed by atoms with Gasteiger partial charge in [-0.15, -0.1) is 0 Å². The van der Waals surface area contributed by atoms with E-state index in [0.717, 1.165) is 25.7 Å². The monoisotopic (exact) mass is 241 g/mol. The van der Waals surface area contributed by atoms with Gasteiger partial charge in [-0.1, -0.05) is 24.4 Å². The topological polar surface area (TPSA) is 70.9 Å². The molecule has 0 saturated heterocycles. The van der Waals surface area contributed by atoms with Gasteiger partial charge in [0.15, 0.2) is 0 Å². The molecule has 1 aromatic rings. The number of H-pyrrole nitrogens is 1. The van der Waals surface area contributed by atoms with Crippen molar-refractivity contribution in [2.75, 3.05) is 6.54 Å².